The summed E-state index contributed by atoms with van der Waals surface area (Å²) in [6, 6.07) is 10.3. The van der Waals surface area contributed by atoms with Gasteiger partial charge in [-0.05, 0) is 37.1 Å². The number of aromatic nitrogens is 2. The Bertz CT molecular complexity index is 907. The Morgan fingerprint density at radius 1 is 0.960 bits per heavy atom. The molecule has 2 aromatic heterocycles. The monoisotopic (exact) mass is 344 g/mol. The highest BCUT2D eigenvalue weighted by molar-refractivity contribution is 5.70. The Balaban J connectivity index is 2.08. The van der Waals surface area contributed by atoms with Crippen molar-refractivity contribution in [2.24, 2.45) is 0 Å². The standard InChI is InChI=1S/C19H15F3N2O/c1-12-4-3-5-14(8-12)15-9-13(2)10-24-18(15)25-17-11-23-7-6-16(17)19(20,21)22/h3-11H,1-2H3. The highest BCUT2D eigenvalue weighted by Crippen LogP contribution is 2.39. The van der Waals surface area contributed by atoms with Crippen LogP contribution in [-0.4, -0.2) is 9.97 Å². The van der Waals surface area contributed by atoms with E-state index in [0.717, 1.165) is 35.2 Å². The summed E-state index contributed by atoms with van der Waals surface area (Å²) in [5, 5.41) is 0. The summed E-state index contributed by atoms with van der Waals surface area (Å²) in [6.07, 6.45) is -0.852. The predicted molar refractivity (Wildman–Crippen MR) is 88.5 cm³/mol. The minimum Gasteiger partial charge on any atom is -0.436 e. The van der Waals surface area contributed by atoms with E-state index in [9.17, 15) is 13.2 Å². The normalized spacial score (nSPS) is 11.4. The van der Waals surface area contributed by atoms with Crippen LogP contribution >= 0.6 is 0 Å². The molecule has 0 amide bonds. The molecule has 0 unspecified atom stereocenters. The van der Waals surface area contributed by atoms with Crippen LogP contribution in [0.5, 0.6) is 11.6 Å². The minimum absolute atomic E-state index is 0.106. The third-order valence-corrected chi connectivity index (χ3v) is 3.61. The third kappa shape index (κ3) is 3.79. The van der Waals surface area contributed by atoms with E-state index in [0.29, 0.717) is 5.56 Å². The summed E-state index contributed by atoms with van der Waals surface area (Å²) in [5.41, 5.74) is 2.47. The Kier molecular flexibility index (Phi) is 4.44. The number of benzene rings is 1. The first kappa shape index (κ1) is 17.0. The number of halogens is 3. The second-order valence-electron chi connectivity index (χ2n) is 5.71. The summed E-state index contributed by atoms with van der Waals surface area (Å²) in [5.74, 6) is -0.269. The van der Waals surface area contributed by atoms with Gasteiger partial charge in [-0.2, -0.15) is 13.2 Å². The molecule has 0 N–H and O–H groups in total. The van der Waals surface area contributed by atoms with Gasteiger partial charge < -0.3 is 4.74 Å². The lowest BCUT2D eigenvalue weighted by Crippen LogP contribution is -2.08. The summed E-state index contributed by atoms with van der Waals surface area (Å²) in [7, 11) is 0. The maximum absolute atomic E-state index is 13.2. The average molecular weight is 344 g/mol. The smallest absolute Gasteiger partial charge is 0.420 e. The summed E-state index contributed by atoms with van der Waals surface area (Å²) < 4.78 is 45.0. The molecule has 0 spiro atoms. The second kappa shape index (κ2) is 6.55. The Labute approximate surface area is 143 Å². The largest absolute Gasteiger partial charge is 0.436 e. The van der Waals surface area contributed by atoms with Crippen LogP contribution in [0.4, 0.5) is 13.2 Å². The first-order chi connectivity index (χ1) is 11.8. The van der Waals surface area contributed by atoms with Crippen molar-refractivity contribution in [3.05, 3.63) is 71.7 Å². The molecule has 1 aromatic carbocycles. The lowest BCUT2D eigenvalue weighted by molar-refractivity contribution is -0.138. The van der Waals surface area contributed by atoms with Gasteiger partial charge >= 0.3 is 6.18 Å². The number of pyridine rings is 2. The van der Waals surface area contributed by atoms with E-state index in [1.807, 2.05) is 44.2 Å². The molecule has 0 atom stereocenters. The molecule has 0 radical (unpaired) electrons. The van der Waals surface area contributed by atoms with Gasteiger partial charge in [-0.25, -0.2) is 4.98 Å². The van der Waals surface area contributed by atoms with Gasteiger partial charge in [0.15, 0.2) is 5.75 Å². The fourth-order valence-electron chi connectivity index (χ4n) is 2.46. The van der Waals surface area contributed by atoms with E-state index in [-0.39, 0.29) is 11.6 Å². The van der Waals surface area contributed by atoms with Crippen molar-refractivity contribution in [2.45, 2.75) is 20.0 Å². The molecule has 0 saturated carbocycles. The highest BCUT2D eigenvalue weighted by atomic mass is 19.4. The maximum Gasteiger partial charge on any atom is 0.420 e. The van der Waals surface area contributed by atoms with Crippen LogP contribution in [0.2, 0.25) is 0 Å². The fourth-order valence-corrected chi connectivity index (χ4v) is 2.46. The lowest BCUT2D eigenvalue weighted by atomic mass is 10.0. The van der Waals surface area contributed by atoms with E-state index in [1.165, 1.54) is 0 Å². The minimum atomic E-state index is -4.54. The molecule has 3 rings (SSSR count). The Morgan fingerprint density at radius 2 is 1.76 bits per heavy atom. The number of ether oxygens (including phenoxy) is 1. The van der Waals surface area contributed by atoms with Gasteiger partial charge in [-0.3, -0.25) is 4.98 Å². The van der Waals surface area contributed by atoms with Gasteiger partial charge in [-0.15, -0.1) is 0 Å². The lowest BCUT2D eigenvalue weighted by Gasteiger charge is -2.15. The van der Waals surface area contributed by atoms with Gasteiger partial charge in [0.1, 0.15) is 5.56 Å². The Morgan fingerprint density at radius 3 is 2.48 bits per heavy atom. The fraction of sp³-hybridized carbons (Fsp3) is 0.158. The third-order valence-electron chi connectivity index (χ3n) is 3.61. The van der Waals surface area contributed by atoms with Gasteiger partial charge in [0, 0.05) is 18.0 Å². The molecule has 2 heterocycles. The van der Waals surface area contributed by atoms with E-state index in [2.05, 4.69) is 9.97 Å². The molecule has 0 aliphatic rings. The van der Waals surface area contributed by atoms with Crippen LogP contribution in [0.3, 0.4) is 0 Å². The summed E-state index contributed by atoms with van der Waals surface area (Å²) in [6.45, 7) is 3.80. The Hall–Kier alpha value is -2.89. The number of aryl methyl sites for hydroxylation is 2. The summed E-state index contributed by atoms with van der Waals surface area (Å²) >= 11 is 0. The molecule has 0 bridgehead atoms. The van der Waals surface area contributed by atoms with Crippen LogP contribution in [0.1, 0.15) is 16.7 Å². The van der Waals surface area contributed by atoms with Crippen LogP contribution in [-0.2, 0) is 6.18 Å². The second-order valence-corrected chi connectivity index (χ2v) is 5.71. The molecule has 128 valence electrons. The molecule has 0 saturated heterocycles. The average Bonchev–Trinajstić information content (AvgIpc) is 2.56. The SMILES string of the molecule is Cc1cccc(-c2cc(C)cnc2Oc2cnccc2C(F)(F)F)c1. The zero-order valence-electron chi connectivity index (χ0n) is 13.6. The van der Waals surface area contributed by atoms with E-state index in [4.69, 9.17) is 4.74 Å². The van der Waals surface area contributed by atoms with Crippen molar-refractivity contribution in [3.8, 4) is 22.8 Å². The topological polar surface area (TPSA) is 35.0 Å². The van der Waals surface area contributed by atoms with Crippen molar-refractivity contribution in [1.29, 1.82) is 0 Å². The molecular weight excluding hydrogens is 329 g/mol. The van der Waals surface area contributed by atoms with Gasteiger partial charge in [0.25, 0.3) is 0 Å². The number of nitrogens with zero attached hydrogens (tertiary/aromatic N) is 2. The van der Waals surface area contributed by atoms with Gasteiger partial charge in [0.05, 0.1) is 6.20 Å². The molecule has 25 heavy (non-hydrogen) atoms. The van der Waals surface area contributed by atoms with Gasteiger partial charge in [0.2, 0.25) is 5.88 Å². The summed E-state index contributed by atoms with van der Waals surface area (Å²) in [4.78, 5) is 7.92. The van der Waals surface area contributed by atoms with E-state index in [1.54, 1.807) is 6.20 Å². The number of hydrogen-bond acceptors (Lipinski definition) is 3. The van der Waals surface area contributed by atoms with Crippen LogP contribution < -0.4 is 4.74 Å². The van der Waals surface area contributed by atoms with E-state index >= 15 is 0 Å². The van der Waals surface area contributed by atoms with Crippen molar-refractivity contribution < 1.29 is 17.9 Å². The van der Waals surface area contributed by atoms with Crippen LogP contribution in [0.25, 0.3) is 11.1 Å². The van der Waals surface area contributed by atoms with Crippen molar-refractivity contribution in [3.63, 3.8) is 0 Å². The number of alkyl halides is 3. The van der Waals surface area contributed by atoms with Gasteiger partial charge in [-0.1, -0.05) is 29.8 Å². The maximum atomic E-state index is 13.2. The van der Waals surface area contributed by atoms with Crippen molar-refractivity contribution in [2.75, 3.05) is 0 Å². The molecule has 0 fully saturated rings. The molecule has 0 aliphatic carbocycles. The molecule has 3 aromatic rings. The first-order valence-corrected chi connectivity index (χ1v) is 7.57. The molecular formula is C19H15F3N2O. The van der Waals surface area contributed by atoms with E-state index < -0.39 is 11.7 Å². The zero-order chi connectivity index (χ0) is 18.0. The number of rotatable bonds is 3. The first-order valence-electron chi connectivity index (χ1n) is 7.57. The molecule has 6 heteroatoms. The predicted octanol–water partition coefficient (Wildman–Crippen LogP) is 5.57. The van der Waals surface area contributed by atoms with Crippen molar-refractivity contribution in [1.82, 2.24) is 9.97 Å². The quantitative estimate of drug-likeness (QED) is 0.623. The van der Waals surface area contributed by atoms with Crippen LogP contribution in [0.15, 0.2) is 55.0 Å². The van der Waals surface area contributed by atoms with Crippen molar-refractivity contribution >= 4 is 0 Å². The highest BCUT2D eigenvalue weighted by Gasteiger charge is 2.34. The zero-order valence-corrected chi connectivity index (χ0v) is 13.6. The molecule has 0 aliphatic heterocycles. The van der Waals surface area contributed by atoms with Crippen LogP contribution in [0, 0.1) is 13.8 Å². The number of hydrogen-bond donors (Lipinski definition) is 0. The molecule has 3 nitrogen and oxygen atoms in total.